The first-order valence-electron chi connectivity index (χ1n) is 18.7. The fourth-order valence-electron chi connectivity index (χ4n) is 6.51. The van der Waals surface area contributed by atoms with Crippen molar-refractivity contribution in [2.24, 2.45) is 20.5 Å². The number of methoxy groups -OCH3 is 1. The highest BCUT2D eigenvalue weighted by Crippen LogP contribution is 2.43. The lowest BCUT2D eigenvalue weighted by atomic mass is 10.1. The Morgan fingerprint density at radius 3 is 1.99 bits per heavy atom. The van der Waals surface area contributed by atoms with Gasteiger partial charge in [0.2, 0.25) is 0 Å². The summed E-state index contributed by atoms with van der Waals surface area (Å²) in [6, 6.07) is 12.7. The van der Waals surface area contributed by atoms with Gasteiger partial charge in [0.15, 0.2) is 0 Å². The Kier molecular flexibility index (Phi) is 13.3. The number of rotatable bonds is 16. The van der Waals surface area contributed by atoms with E-state index in [2.05, 4.69) is 46.0 Å². The van der Waals surface area contributed by atoms with Crippen molar-refractivity contribution in [3.8, 4) is 11.7 Å². The van der Waals surface area contributed by atoms with E-state index in [0.717, 1.165) is 31.5 Å². The molecular weight excluding hydrogens is 1010 g/mol. The zero-order chi connectivity index (χ0) is 51.1. The molecule has 0 radical (unpaired) electrons. The number of nitrogens with zero attached hydrogens (tertiary/aromatic N) is 8. The molecule has 4 N–H and O–H groups in total. The average Bonchev–Trinajstić information content (AvgIpc) is 3.27. The van der Waals surface area contributed by atoms with Crippen LogP contribution in [0, 0.1) is 0 Å². The number of carboxylic acids is 2. The molecule has 0 unspecified atom stereocenters. The number of aromatic carboxylic acids is 1. The summed E-state index contributed by atoms with van der Waals surface area (Å²) in [6.07, 6.45) is 2.52. The van der Waals surface area contributed by atoms with Gasteiger partial charge in [-0.25, -0.2) is 38.2 Å². The predicted molar refractivity (Wildman–Crippen MR) is 228 cm³/mol. The second-order valence-corrected chi connectivity index (χ2v) is 19.4. The molecule has 28 nitrogen and oxygen atoms in total. The van der Waals surface area contributed by atoms with E-state index in [1.54, 1.807) is 0 Å². The Morgan fingerprint density at radius 2 is 1.34 bits per heavy atom. The molecule has 0 saturated heterocycles. The third-order valence-corrected chi connectivity index (χ3v) is 12.9. The number of fused-ring (bicyclic) bond motifs is 2. The SMILES string of the molecule is COc1cc(N=Nc2cc3c(S(=O)(=O)[O-])cc(S(=O)(=O)[O-])cc3cc2S(=O)(=O)[O-])c(NCC(=O)[O-])cc1N=Nc1ccc(Nc2nc(N)nc(-[n+]3cccc(C(=O)[O-])c3)n2)c2c(S(=O)(=O)[O-])cccc12. The van der Waals surface area contributed by atoms with E-state index in [1.807, 2.05) is 0 Å². The summed E-state index contributed by atoms with van der Waals surface area (Å²) in [5, 5.41) is 42.6. The lowest BCUT2D eigenvalue weighted by Gasteiger charge is -2.17. The Hall–Kier alpha value is -8.24. The second kappa shape index (κ2) is 18.7. The maximum absolute atomic E-state index is 12.6. The topological polar surface area (TPSA) is 460 Å². The minimum Gasteiger partial charge on any atom is -0.744 e. The number of hydrogen-bond donors (Lipinski definition) is 3. The summed E-state index contributed by atoms with van der Waals surface area (Å²) in [5.41, 5.74) is 3.73. The van der Waals surface area contributed by atoms with Gasteiger partial charge in [0.05, 0.1) is 74.6 Å². The number of ether oxygens (including phenoxy) is 1. The first kappa shape index (κ1) is 49.7. The Morgan fingerprint density at radius 1 is 0.671 bits per heavy atom. The van der Waals surface area contributed by atoms with Gasteiger partial charge in [-0.15, -0.1) is 25.4 Å². The second-order valence-electron chi connectivity index (χ2n) is 14.0. The molecule has 32 heteroatoms. The van der Waals surface area contributed by atoms with Crippen LogP contribution in [0.3, 0.4) is 0 Å². The van der Waals surface area contributed by atoms with Gasteiger partial charge in [0, 0.05) is 27.8 Å². The third-order valence-electron chi connectivity index (χ3n) is 9.45. The van der Waals surface area contributed by atoms with Gasteiger partial charge >= 0.3 is 17.8 Å². The molecule has 0 fully saturated rings. The number of aromatic nitrogens is 4. The molecule has 5 aromatic carbocycles. The summed E-state index contributed by atoms with van der Waals surface area (Å²) in [4.78, 5) is 30.7. The van der Waals surface area contributed by atoms with E-state index < -0.39 is 95.0 Å². The molecule has 0 saturated carbocycles. The fourth-order valence-corrected chi connectivity index (χ4v) is 9.17. The molecule has 0 aliphatic carbocycles. The zero-order valence-corrected chi connectivity index (χ0v) is 37.9. The van der Waals surface area contributed by atoms with Crippen molar-refractivity contribution >= 4 is 120 Å². The van der Waals surface area contributed by atoms with E-state index in [4.69, 9.17) is 10.5 Å². The van der Waals surface area contributed by atoms with E-state index in [-0.39, 0.29) is 74.4 Å². The Balaban J connectivity index is 1.33. The molecule has 0 aliphatic heterocycles. The van der Waals surface area contributed by atoms with Gasteiger partial charge < -0.3 is 59.1 Å². The molecule has 362 valence electrons. The number of nitrogens with one attached hydrogen (secondary N) is 2. The minimum absolute atomic E-state index is 0.0121. The van der Waals surface area contributed by atoms with Crippen molar-refractivity contribution in [2.75, 3.05) is 30.0 Å². The summed E-state index contributed by atoms with van der Waals surface area (Å²) in [7, 11) is -20.7. The van der Waals surface area contributed by atoms with Gasteiger partial charge in [-0.2, -0.15) is 0 Å². The standard InChI is InChI=1S/C38H29N11O17S4/c1-66-29-15-26(46-48-28-13-22-19(11-32(28)70(63,64)65)10-20(67(54,55)56)12-31(22)69(60,61)62)25(40-16-33(50)51)14-27(29)47-45-23-7-8-24(34-21(23)5-2-6-30(34)68(57,58)59)41-37-42-36(39)43-38(44-37)49-9-3-4-18(17-49)35(52)53/h2-15,17H,16H2,1H3,(H9-,39,40,41,42,43,44,47,48,50,51,52,53,54,55,56,57,58,59,60,61,62,63,64,65)/p-5. The number of nitrogens with two attached hydrogens (primary N) is 1. The molecular formula is C38H24N11O17S4-5. The average molecular weight is 1030 g/mol. The van der Waals surface area contributed by atoms with Crippen LogP contribution in [0.25, 0.3) is 27.5 Å². The molecule has 70 heavy (non-hydrogen) atoms. The number of carbonyl (C=O) groups is 2. The number of anilines is 4. The maximum Gasteiger partial charge on any atom is 0.444 e. The van der Waals surface area contributed by atoms with Crippen LogP contribution in [-0.2, 0) is 45.3 Å². The normalized spacial score (nSPS) is 12.5. The maximum atomic E-state index is 12.6. The summed E-state index contributed by atoms with van der Waals surface area (Å²) < 4.78 is 153. The van der Waals surface area contributed by atoms with Crippen LogP contribution < -0.4 is 35.9 Å². The zero-order valence-electron chi connectivity index (χ0n) is 34.6. The van der Waals surface area contributed by atoms with Crippen molar-refractivity contribution in [3.05, 3.63) is 96.8 Å². The largest absolute Gasteiger partial charge is 0.744 e. The predicted octanol–water partition coefficient (Wildman–Crippen LogP) is 0.762. The first-order valence-corrected chi connectivity index (χ1v) is 24.4. The summed E-state index contributed by atoms with van der Waals surface area (Å²) in [5.74, 6) is -4.22. The molecule has 0 amide bonds. The van der Waals surface area contributed by atoms with Crippen LogP contribution in [0.4, 0.5) is 46.0 Å². The number of benzene rings is 5. The van der Waals surface area contributed by atoms with E-state index in [9.17, 15) is 71.7 Å². The molecule has 2 aromatic heterocycles. The molecule has 0 aliphatic rings. The molecule has 7 aromatic rings. The summed E-state index contributed by atoms with van der Waals surface area (Å²) >= 11 is 0. The fraction of sp³-hybridized carbons (Fsp3) is 0.0526. The summed E-state index contributed by atoms with van der Waals surface area (Å²) in [6.45, 7) is -0.915. The van der Waals surface area contributed by atoms with Gasteiger partial charge in [0.1, 0.15) is 63.3 Å². The number of aliphatic carboxylic acids is 1. The molecule has 7 rings (SSSR count). The van der Waals surface area contributed by atoms with Crippen molar-refractivity contribution in [1.82, 2.24) is 15.0 Å². The Labute approximate surface area is 392 Å². The monoisotopic (exact) mass is 1030 g/mol. The quantitative estimate of drug-likeness (QED) is 0.0683. The highest BCUT2D eigenvalue weighted by Gasteiger charge is 2.22. The van der Waals surface area contributed by atoms with E-state index in [0.29, 0.717) is 18.2 Å². The number of hydrogen-bond acceptors (Lipinski definition) is 27. The van der Waals surface area contributed by atoms with Crippen LogP contribution in [0.15, 0.2) is 131 Å². The van der Waals surface area contributed by atoms with Crippen molar-refractivity contribution in [2.45, 2.75) is 19.6 Å². The number of carboxylic acid groups (broad SMARTS) is 2. The van der Waals surface area contributed by atoms with Crippen LogP contribution in [-0.4, -0.2) is 92.4 Å². The van der Waals surface area contributed by atoms with Crippen molar-refractivity contribution in [3.63, 3.8) is 0 Å². The van der Waals surface area contributed by atoms with Gasteiger partial charge in [-0.1, -0.05) is 12.1 Å². The number of nitrogen functional groups attached to an aromatic ring is 1. The van der Waals surface area contributed by atoms with Crippen LogP contribution in [0.2, 0.25) is 0 Å². The third kappa shape index (κ3) is 10.9. The first-order chi connectivity index (χ1) is 32.7. The van der Waals surface area contributed by atoms with Crippen molar-refractivity contribution in [1.29, 1.82) is 0 Å². The highest BCUT2D eigenvalue weighted by molar-refractivity contribution is 7.87. The number of carbonyl (C=O) groups excluding carboxylic acids is 2. The van der Waals surface area contributed by atoms with Gasteiger partial charge in [0.25, 0.3) is 0 Å². The van der Waals surface area contributed by atoms with Gasteiger partial charge in [-0.3, -0.25) is 0 Å². The smallest absolute Gasteiger partial charge is 0.444 e. The van der Waals surface area contributed by atoms with Gasteiger partial charge in [-0.05, 0) is 76.0 Å². The minimum atomic E-state index is -5.59. The Bertz CT molecular complexity index is 3900. The van der Waals surface area contributed by atoms with Crippen LogP contribution >= 0.6 is 0 Å². The number of pyridine rings is 1. The van der Waals surface area contributed by atoms with Crippen LogP contribution in [0.1, 0.15) is 10.4 Å². The van der Waals surface area contributed by atoms with Crippen LogP contribution in [0.5, 0.6) is 5.75 Å². The number of azo groups is 2. The highest BCUT2D eigenvalue weighted by atomic mass is 32.2. The molecule has 2 heterocycles. The van der Waals surface area contributed by atoms with Crippen molar-refractivity contribution < 1.29 is 81.0 Å². The lowest BCUT2D eigenvalue weighted by Crippen LogP contribution is -2.36. The molecule has 0 spiro atoms. The molecule has 0 atom stereocenters. The van der Waals surface area contributed by atoms with E-state index >= 15 is 0 Å². The lowest BCUT2D eigenvalue weighted by molar-refractivity contribution is -0.603. The van der Waals surface area contributed by atoms with E-state index in [1.165, 1.54) is 47.2 Å². The molecule has 0 bridgehead atoms.